The van der Waals surface area contributed by atoms with Crippen LogP contribution in [0.2, 0.25) is 0 Å². The van der Waals surface area contributed by atoms with E-state index in [0.717, 1.165) is 5.56 Å². The van der Waals surface area contributed by atoms with Crippen LogP contribution in [-0.4, -0.2) is 60.7 Å². The van der Waals surface area contributed by atoms with Gasteiger partial charge >= 0.3 is 0 Å². The fraction of sp³-hybridized carbons (Fsp3) is 0.357. The van der Waals surface area contributed by atoms with E-state index in [2.05, 4.69) is 25.5 Å². The lowest BCUT2D eigenvalue weighted by Gasteiger charge is -2.39. The number of nitrogen functional groups attached to an aromatic ring is 1. The molecule has 2 aliphatic heterocycles. The maximum atomic E-state index is 12.9. The van der Waals surface area contributed by atoms with Crippen LogP contribution in [0.5, 0.6) is 17.2 Å². The third kappa shape index (κ3) is 6.74. The Morgan fingerprint density at radius 1 is 1.13 bits per heavy atom. The van der Waals surface area contributed by atoms with E-state index in [0.29, 0.717) is 67.7 Å². The minimum atomic E-state index is -0.269. The molecule has 3 heterocycles. The lowest BCUT2D eigenvalue weighted by atomic mass is 10.0. The zero-order valence-corrected chi connectivity index (χ0v) is 21.8. The molecule has 3 aromatic rings. The van der Waals surface area contributed by atoms with Gasteiger partial charge < -0.3 is 35.5 Å². The number of hydrogen-bond acceptors (Lipinski definition) is 9. The molecule has 5 rings (SSSR count). The molecule has 11 nitrogen and oxygen atoms in total. The summed E-state index contributed by atoms with van der Waals surface area (Å²) in [6.45, 7) is 1.91. The van der Waals surface area contributed by atoms with Gasteiger partial charge in [0.2, 0.25) is 11.9 Å². The average Bonchev–Trinajstić information content (AvgIpc) is 2.94. The van der Waals surface area contributed by atoms with Gasteiger partial charge in [-0.1, -0.05) is 12.1 Å². The Kier molecular flexibility index (Phi) is 8.07. The summed E-state index contributed by atoms with van der Waals surface area (Å²) in [7, 11) is 1.54. The number of nitrogens with zero attached hydrogens (tertiary/aromatic N) is 3. The molecule has 2 amide bonds. The van der Waals surface area contributed by atoms with Crippen molar-refractivity contribution >= 4 is 23.6 Å². The van der Waals surface area contributed by atoms with Crippen LogP contribution in [-0.2, 0) is 16.1 Å². The van der Waals surface area contributed by atoms with Crippen molar-refractivity contribution in [3.8, 4) is 17.2 Å². The van der Waals surface area contributed by atoms with Crippen molar-refractivity contribution in [2.24, 2.45) is 0 Å². The molecule has 1 aromatic heterocycles. The number of rotatable bonds is 2. The number of benzene rings is 2. The Hall–Kier alpha value is -4.38. The van der Waals surface area contributed by atoms with E-state index >= 15 is 0 Å². The standard InChI is InChI=1S/C28H32N6O5/c1-37-21-13-19-14-22(15-21)39-20-5-2-4-18(12-20)17-38-24-8-11-34(25-7-10-31-28(29)33-25)16-23(24)32-26(35)6-3-9-30-27(19)36/h2,4-5,7,10,12-15,23-24H,3,6,8-9,11,16-17H2,1H3,(H,30,36)(H,32,35)(H2,29,31,33)/t23-,24-/m0/s1. The maximum Gasteiger partial charge on any atom is 0.251 e. The smallest absolute Gasteiger partial charge is 0.251 e. The Labute approximate surface area is 226 Å². The number of methoxy groups -OCH3 is 1. The SMILES string of the molecule is COc1cc2cc(c1)C(=O)NCCCC(=O)N[C@H]1CN(c3ccnc(N)n3)CC[C@@H]1OCc1cccc(c1)O2. The number of aromatic nitrogens is 2. The zero-order chi connectivity index (χ0) is 27.2. The quantitative estimate of drug-likeness (QED) is 0.454. The fourth-order valence-corrected chi connectivity index (χ4v) is 4.77. The van der Waals surface area contributed by atoms with Gasteiger partial charge in [0.05, 0.1) is 25.9 Å². The Bertz CT molecular complexity index is 1340. The molecule has 1 fully saturated rings. The van der Waals surface area contributed by atoms with E-state index in [9.17, 15) is 9.59 Å². The molecule has 0 unspecified atom stereocenters. The van der Waals surface area contributed by atoms with Gasteiger partial charge in [-0.2, -0.15) is 4.98 Å². The van der Waals surface area contributed by atoms with E-state index in [-0.39, 0.29) is 36.3 Å². The number of anilines is 2. The van der Waals surface area contributed by atoms with E-state index in [1.54, 1.807) is 30.5 Å². The average molecular weight is 533 g/mol. The molecule has 4 bridgehead atoms. The van der Waals surface area contributed by atoms with Gasteiger partial charge in [0.15, 0.2) is 0 Å². The largest absolute Gasteiger partial charge is 0.497 e. The van der Waals surface area contributed by atoms with Gasteiger partial charge in [0.1, 0.15) is 23.1 Å². The minimum Gasteiger partial charge on any atom is -0.497 e. The Morgan fingerprint density at radius 3 is 2.87 bits per heavy atom. The first-order valence-corrected chi connectivity index (χ1v) is 13.0. The molecular formula is C28H32N6O5. The second-order valence-electron chi connectivity index (χ2n) is 9.54. The summed E-state index contributed by atoms with van der Waals surface area (Å²) in [5.74, 6) is 2.14. The van der Waals surface area contributed by atoms with Gasteiger partial charge in [-0.3, -0.25) is 9.59 Å². The predicted octanol–water partition coefficient (Wildman–Crippen LogP) is 2.66. The number of hydrogen-bond donors (Lipinski definition) is 3. The summed E-state index contributed by atoms with van der Waals surface area (Å²) < 4.78 is 17.8. The van der Waals surface area contributed by atoms with Crippen molar-refractivity contribution in [2.75, 3.05) is 37.4 Å². The highest BCUT2D eigenvalue weighted by Crippen LogP contribution is 2.29. The first kappa shape index (κ1) is 26.2. The van der Waals surface area contributed by atoms with Crippen LogP contribution in [0, 0.1) is 0 Å². The summed E-state index contributed by atoms with van der Waals surface area (Å²) in [4.78, 5) is 36.1. The lowest BCUT2D eigenvalue weighted by molar-refractivity contribution is -0.123. The van der Waals surface area contributed by atoms with Gasteiger partial charge in [-0.25, -0.2) is 4.98 Å². The van der Waals surface area contributed by atoms with Gasteiger partial charge in [0.25, 0.3) is 5.91 Å². The van der Waals surface area contributed by atoms with Gasteiger partial charge in [-0.15, -0.1) is 0 Å². The van der Waals surface area contributed by atoms with E-state index in [1.165, 1.54) is 7.11 Å². The second-order valence-corrected chi connectivity index (χ2v) is 9.54. The van der Waals surface area contributed by atoms with E-state index in [4.69, 9.17) is 19.9 Å². The molecule has 0 spiro atoms. The number of amides is 2. The first-order chi connectivity index (χ1) is 19.0. The van der Waals surface area contributed by atoms with Crippen LogP contribution in [0.25, 0.3) is 0 Å². The number of carbonyl (C=O) groups is 2. The van der Waals surface area contributed by atoms with Crippen molar-refractivity contribution < 1.29 is 23.8 Å². The Balaban J connectivity index is 1.38. The first-order valence-electron chi connectivity index (χ1n) is 13.0. The molecule has 1 saturated heterocycles. The monoisotopic (exact) mass is 532 g/mol. The molecule has 2 atom stereocenters. The summed E-state index contributed by atoms with van der Waals surface area (Å²) in [5, 5.41) is 6.02. The number of nitrogens with two attached hydrogens (primary N) is 1. The molecular weight excluding hydrogens is 500 g/mol. The van der Waals surface area contributed by atoms with Crippen molar-refractivity contribution in [3.05, 3.63) is 65.9 Å². The van der Waals surface area contributed by atoms with Gasteiger partial charge in [0, 0.05) is 43.9 Å². The number of ether oxygens (including phenoxy) is 3. The van der Waals surface area contributed by atoms with Crippen LogP contribution in [0.4, 0.5) is 11.8 Å². The van der Waals surface area contributed by atoms with Crippen LogP contribution in [0.1, 0.15) is 35.2 Å². The van der Waals surface area contributed by atoms with Crippen LogP contribution in [0.15, 0.2) is 54.7 Å². The highest BCUT2D eigenvalue weighted by atomic mass is 16.5. The molecule has 0 aliphatic carbocycles. The number of carbonyl (C=O) groups excluding carboxylic acids is 2. The molecule has 2 aromatic carbocycles. The van der Waals surface area contributed by atoms with Crippen molar-refractivity contribution in [1.82, 2.24) is 20.6 Å². The molecule has 4 N–H and O–H groups in total. The third-order valence-corrected chi connectivity index (χ3v) is 6.72. The second kappa shape index (κ2) is 12.0. The summed E-state index contributed by atoms with van der Waals surface area (Å²) in [5.41, 5.74) is 7.12. The highest BCUT2D eigenvalue weighted by Gasteiger charge is 2.32. The summed E-state index contributed by atoms with van der Waals surface area (Å²) >= 11 is 0. The highest BCUT2D eigenvalue weighted by molar-refractivity contribution is 5.95. The number of nitrogens with one attached hydrogen (secondary N) is 2. The number of piperidine rings is 1. The molecule has 11 heteroatoms. The van der Waals surface area contributed by atoms with E-state index < -0.39 is 0 Å². The third-order valence-electron chi connectivity index (χ3n) is 6.72. The lowest BCUT2D eigenvalue weighted by Crippen LogP contribution is -2.56. The molecule has 2 aliphatic rings. The van der Waals surface area contributed by atoms with Crippen molar-refractivity contribution in [2.45, 2.75) is 38.0 Å². The topological polar surface area (TPSA) is 141 Å². The number of fused-ring (bicyclic) bond motifs is 5. The predicted molar refractivity (Wildman–Crippen MR) is 145 cm³/mol. The molecule has 0 saturated carbocycles. The maximum absolute atomic E-state index is 12.9. The zero-order valence-electron chi connectivity index (χ0n) is 21.8. The van der Waals surface area contributed by atoms with Crippen LogP contribution in [0.3, 0.4) is 0 Å². The normalized spacial score (nSPS) is 20.4. The van der Waals surface area contributed by atoms with Crippen molar-refractivity contribution in [1.29, 1.82) is 0 Å². The van der Waals surface area contributed by atoms with Crippen LogP contribution >= 0.6 is 0 Å². The molecule has 0 radical (unpaired) electrons. The molecule has 39 heavy (non-hydrogen) atoms. The van der Waals surface area contributed by atoms with Gasteiger partial charge in [-0.05, 0) is 48.7 Å². The Morgan fingerprint density at radius 2 is 2.03 bits per heavy atom. The molecule has 204 valence electrons. The minimum absolute atomic E-state index is 0.105. The van der Waals surface area contributed by atoms with Crippen molar-refractivity contribution in [3.63, 3.8) is 0 Å². The van der Waals surface area contributed by atoms with Crippen LogP contribution < -0.4 is 30.7 Å². The fourth-order valence-electron chi connectivity index (χ4n) is 4.77. The summed E-state index contributed by atoms with van der Waals surface area (Å²) in [6.07, 6.45) is 2.86. The van der Waals surface area contributed by atoms with E-state index in [1.807, 2.05) is 24.3 Å². The summed E-state index contributed by atoms with van der Waals surface area (Å²) in [6, 6.07) is 14.2.